The van der Waals surface area contributed by atoms with E-state index in [1.54, 1.807) is 0 Å². The van der Waals surface area contributed by atoms with E-state index in [1.807, 2.05) is 50.2 Å². The molecule has 0 radical (unpaired) electrons. The Kier molecular flexibility index (Phi) is 8.34. The fraction of sp³-hybridized carbons (Fsp3) is 0.364. The molecule has 0 aliphatic carbocycles. The first-order valence-electron chi connectivity index (χ1n) is 9.28. The Morgan fingerprint density at radius 2 is 1.25 bits per heavy atom. The molecule has 28 heavy (non-hydrogen) atoms. The lowest BCUT2D eigenvalue weighted by Gasteiger charge is -2.08. The SMILES string of the molecule is C=C(CCc1cccc(/C(C)=N/OC)n1)CCc1cccc(/C(C)=N/OC)n1. The number of allylic oxidation sites excluding steroid dienone is 1. The second kappa shape index (κ2) is 11.0. The lowest BCUT2D eigenvalue weighted by molar-refractivity contribution is 0.213. The predicted octanol–water partition coefficient (Wildman–Crippen LogP) is 4.34. The molecule has 2 aromatic rings. The third-order valence-corrected chi connectivity index (χ3v) is 4.28. The Morgan fingerprint density at radius 3 is 1.64 bits per heavy atom. The average molecular weight is 380 g/mol. The predicted molar refractivity (Wildman–Crippen MR) is 113 cm³/mol. The highest BCUT2D eigenvalue weighted by Gasteiger charge is 2.05. The van der Waals surface area contributed by atoms with Gasteiger partial charge >= 0.3 is 0 Å². The summed E-state index contributed by atoms with van der Waals surface area (Å²) in [7, 11) is 3.07. The van der Waals surface area contributed by atoms with Gasteiger partial charge in [0.25, 0.3) is 0 Å². The lowest BCUT2D eigenvalue weighted by atomic mass is 10.0. The number of aryl methyl sites for hydroxylation is 2. The molecule has 6 heteroatoms. The minimum absolute atomic E-state index is 0.765. The van der Waals surface area contributed by atoms with Gasteiger partial charge in [-0.25, -0.2) is 0 Å². The number of oxime groups is 2. The van der Waals surface area contributed by atoms with Crippen molar-refractivity contribution in [1.82, 2.24) is 9.97 Å². The van der Waals surface area contributed by atoms with Crippen LogP contribution in [0.2, 0.25) is 0 Å². The lowest BCUT2D eigenvalue weighted by Crippen LogP contribution is -2.03. The van der Waals surface area contributed by atoms with E-state index in [4.69, 9.17) is 9.68 Å². The van der Waals surface area contributed by atoms with Crippen LogP contribution < -0.4 is 0 Å². The van der Waals surface area contributed by atoms with Crippen LogP contribution in [0.1, 0.15) is 49.5 Å². The molecule has 0 spiro atoms. The molecule has 0 saturated heterocycles. The highest BCUT2D eigenvalue weighted by atomic mass is 16.6. The fourth-order valence-corrected chi connectivity index (χ4v) is 2.74. The molecule has 148 valence electrons. The molecule has 0 fully saturated rings. The molecule has 6 nitrogen and oxygen atoms in total. The van der Waals surface area contributed by atoms with E-state index in [2.05, 4.69) is 26.9 Å². The van der Waals surface area contributed by atoms with Gasteiger partial charge in [-0.05, 0) is 63.8 Å². The van der Waals surface area contributed by atoms with E-state index in [-0.39, 0.29) is 0 Å². The third kappa shape index (κ3) is 6.61. The molecular weight excluding hydrogens is 352 g/mol. The van der Waals surface area contributed by atoms with Gasteiger partial charge in [0.05, 0.1) is 11.4 Å². The van der Waals surface area contributed by atoms with Crippen molar-refractivity contribution in [1.29, 1.82) is 0 Å². The van der Waals surface area contributed by atoms with Gasteiger partial charge in [0, 0.05) is 11.4 Å². The molecule has 2 heterocycles. The smallest absolute Gasteiger partial charge is 0.106 e. The standard InChI is InChI=1S/C22H28N4O2/c1-16(12-14-19-8-6-10-21(23-19)17(2)25-27-4)13-15-20-9-7-11-22(24-20)18(3)26-28-5/h6-11H,1,12-15H2,2-5H3/b25-17+,26-18+. The first-order valence-corrected chi connectivity index (χ1v) is 9.28. The maximum atomic E-state index is 4.82. The Hall–Kier alpha value is -3.02. The van der Waals surface area contributed by atoms with Gasteiger partial charge < -0.3 is 9.68 Å². The second-order valence-electron chi connectivity index (χ2n) is 6.50. The summed E-state index contributed by atoms with van der Waals surface area (Å²) in [5.41, 5.74) is 6.43. The molecule has 0 saturated carbocycles. The van der Waals surface area contributed by atoms with E-state index >= 15 is 0 Å². The summed E-state index contributed by atoms with van der Waals surface area (Å²) in [6.45, 7) is 7.98. The summed E-state index contributed by atoms with van der Waals surface area (Å²) in [6.07, 6.45) is 3.47. The van der Waals surface area contributed by atoms with Crippen molar-refractivity contribution in [2.75, 3.05) is 14.2 Å². The third-order valence-electron chi connectivity index (χ3n) is 4.28. The van der Waals surface area contributed by atoms with Crippen LogP contribution in [0.25, 0.3) is 0 Å². The minimum atomic E-state index is 0.765. The summed E-state index contributed by atoms with van der Waals surface area (Å²) >= 11 is 0. The van der Waals surface area contributed by atoms with Gasteiger partial charge in [-0.3, -0.25) is 9.97 Å². The van der Waals surface area contributed by atoms with E-state index < -0.39 is 0 Å². The van der Waals surface area contributed by atoms with Gasteiger partial charge in [-0.1, -0.05) is 34.6 Å². The zero-order valence-corrected chi connectivity index (χ0v) is 17.1. The topological polar surface area (TPSA) is 69.0 Å². The summed E-state index contributed by atoms with van der Waals surface area (Å²) < 4.78 is 0. The van der Waals surface area contributed by atoms with Crippen LogP contribution in [0, 0.1) is 0 Å². The molecule has 0 aromatic carbocycles. The zero-order valence-electron chi connectivity index (χ0n) is 17.1. The van der Waals surface area contributed by atoms with Crippen molar-refractivity contribution in [2.24, 2.45) is 10.3 Å². The first-order chi connectivity index (χ1) is 13.5. The highest BCUT2D eigenvalue weighted by molar-refractivity contribution is 5.96. The van der Waals surface area contributed by atoms with Crippen molar-refractivity contribution < 1.29 is 9.68 Å². The first kappa shape index (κ1) is 21.3. The van der Waals surface area contributed by atoms with Crippen LogP contribution in [-0.4, -0.2) is 35.6 Å². The largest absolute Gasteiger partial charge is 0.399 e. The zero-order chi connectivity index (χ0) is 20.4. The van der Waals surface area contributed by atoms with Crippen molar-refractivity contribution in [3.8, 4) is 0 Å². The molecule has 0 aliphatic rings. The summed E-state index contributed by atoms with van der Waals surface area (Å²) in [4.78, 5) is 18.9. The monoisotopic (exact) mass is 380 g/mol. The summed E-state index contributed by atoms with van der Waals surface area (Å²) in [5, 5.41) is 7.88. The number of hydrogen-bond donors (Lipinski definition) is 0. The second-order valence-corrected chi connectivity index (χ2v) is 6.50. The molecule has 0 unspecified atom stereocenters. The van der Waals surface area contributed by atoms with E-state index in [9.17, 15) is 0 Å². The minimum Gasteiger partial charge on any atom is -0.399 e. The molecule has 0 amide bonds. The number of aromatic nitrogens is 2. The van der Waals surface area contributed by atoms with Crippen LogP contribution in [0.15, 0.2) is 58.9 Å². The number of nitrogens with zero attached hydrogens (tertiary/aromatic N) is 4. The molecule has 0 bridgehead atoms. The van der Waals surface area contributed by atoms with Gasteiger partial charge in [-0.2, -0.15) is 0 Å². The Labute approximate surface area is 167 Å². The highest BCUT2D eigenvalue weighted by Crippen LogP contribution is 2.14. The van der Waals surface area contributed by atoms with Crippen molar-refractivity contribution in [3.05, 3.63) is 71.3 Å². The summed E-state index contributed by atoms with van der Waals surface area (Å²) in [6, 6.07) is 11.9. The Balaban J connectivity index is 1.88. The molecule has 0 aliphatic heterocycles. The number of hydrogen-bond acceptors (Lipinski definition) is 6. The van der Waals surface area contributed by atoms with Crippen LogP contribution in [0.3, 0.4) is 0 Å². The Bertz CT molecular complexity index is 790. The molecule has 0 N–H and O–H groups in total. The van der Waals surface area contributed by atoms with Gasteiger partial charge in [0.15, 0.2) is 0 Å². The number of pyridine rings is 2. The maximum absolute atomic E-state index is 4.82. The van der Waals surface area contributed by atoms with Crippen LogP contribution in [-0.2, 0) is 22.5 Å². The van der Waals surface area contributed by atoms with Gasteiger partial charge in [0.1, 0.15) is 25.6 Å². The van der Waals surface area contributed by atoms with Crippen LogP contribution in [0.5, 0.6) is 0 Å². The normalized spacial score (nSPS) is 12.0. The van der Waals surface area contributed by atoms with Crippen LogP contribution >= 0.6 is 0 Å². The van der Waals surface area contributed by atoms with Crippen LogP contribution in [0.4, 0.5) is 0 Å². The van der Waals surface area contributed by atoms with E-state index in [0.717, 1.165) is 59.9 Å². The van der Waals surface area contributed by atoms with Gasteiger partial charge in [0.2, 0.25) is 0 Å². The van der Waals surface area contributed by atoms with Crippen molar-refractivity contribution in [3.63, 3.8) is 0 Å². The van der Waals surface area contributed by atoms with Gasteiger partial charge in [-0.15, -0.1) is 0 Å². The van der Waals surface area contributed by atoms with Crippen molar-refractivity contribution >= 4 is 11.4 Å². The average Bonchev–Trinajstić information content (AvgIpc) is 2.71. The maximum Gasteiger partial charge on any atom is 0.106 e. The fourth-order valence-electron chi connectivity index (χ4n) is 2.74. The van der Waals surface area contributed by atoms with Crippen molar-refractivity contribution in [2.45, 2.75) is 39.5 Å². The molecule has 2 aromatic heterocycles. The quantitative estimate of drug-likeness (QED) is 0.349. The van der Waals surface area contributed by atoms with E-state index in [0.29, 0.717) is 0 Å². The van der Waals surface area contributed by atoms with E-state index in [1.165, 1.54) is 19.8 Å². The molecular formula is C22H28N4O2. The summed E-state index contributed by atoms with van der Waals surface area (Å²) in [5.74, 6) is 0. The number of rotatable bonds is 10. The Morgan fingerprint density at radius 1 is 0.821 bits per heavy atom. The molecule has 2 rings (SSSR count). The molecule has 0 atom stereocenters.